The molecule has 1 fully saturated rings. The maximum Gasteiger partial charge on any atom is 0.406 e. The van der Waals surface area contributed by atoms with Gasteiger partial charge in [-0.15, -0.1) is 0 Å². The Hall–Kier alpha value is -4.28. The highest BCUT2D eigenvalue weighted by molar-refractivity contribution is 6.06. The van der Waals surface area contributed by atoms with Crippen LogP contribution in [-0.2, 0) is 27.8 Å². The summed E-state index contributed by atoms with van der Waals surface area (Å²) in [7, 11) is 0. The predicted octanol–water partition coefficient (Wildman–Crippen LogP) is 3.84. The van der Waals surface area contributed by atoms with Crippen molar-refractivity contribution >= 4 is 23.5 Å². The van der Waals surface area contributed by atoms with Crippen molar-refractivity contribution < 1.29 is 27.6 Å². The quantitative estimate of drug-likeness (QED) is 0.502. The number of nitrogens with one attached hydrogen (secondary N) is 2. The van der Waals surface area contributed by atoms with E-state index in [4.69, 9.17) is 0 Å². The molecule has 0 bridgehead atoms. The standard InChI is InChI=1S/C30H28F3N5O3/c1-16-6-3-4-7-20(16)21-11-23(27(40)38(17(21)2)15-30(31,32)33)36-26(39)19-10-18-12-29(13-24(18)35-14-19)22-8-5-9-34-25(22)37-28(29)41/h3-10,14,17,21,23H,11-13,15H2,1-2H3,(H,36,39)(H,34,37,41). The topological polar surface area (TPSA) is 104 Å². The van der Waals surface area contributed by atoms with E-state index in [2.05, 4.69) is 20.6 Å². The Morgan fingerprint density at radius 2 is 1.93 bits per heavy atom. The molecule has 4 unspecified atom stereocenters. The Balaban J connectivity index is 1.26. The van der Waals surface area contributed by atoms with Gasteiger partial charge in [0.1, 0.15) is 18.4 Å². The highest BCUT2D eigenvalue weighted by Crippen LogP contribution is 2.46. The van der Waals surface area contributed by atoms with E-state index in [1.54, 1.807) is 25.3 Å². The first-order valence-corrected chi connectivity index (χ1v) is 13.5. The van der Waals surface area contributed by atoms with Crippen LogP contribution in [0.15, 0.2) is 54.9 Å². The number of amides is 3. The van der Waals surface area contributed by atoms with Crippen LogP contribution in [0, 0.1) is 6.92 Å². The van der Waals surface area contributed by atoms with Crippen LogP contribution in [0.3, 0.4) is 0 Å². The maximum atomic E-state index is 13.5. The summed E-state index contributed by atoms with van der Waals surface area (Å²) in [6.45, 7) is 2.09. The number of carbonyl (C=O) groups excluding carboxylic acids is 3. The monoisotopic (exact) mass is 563 g/mol. The SMILES string of the molecule is Cc1ccccc1C1CC(NC(=O)c2cnc3c(c2)CC2(C3)C(=O)Nc3ncccc32)C(=O)N(CC(F)(F)F)C1C. The number of halogens is 3. The van der Waals surface area contributed by atoms with Crippen LogP contribution >= 0.6 is 0 Å². The number of alkyl halides is 3. The molecule has 3 aromatic rings. The van der Waals surface area contributed by atoms with Gasteiger partial charge in [0.25, 0.3) is 5.91 Å². The molecule has 2 aromatic heterocycles. The summed E-state index contributed by atoms with van der Waals surface area (Å²) in [5.74, 6) is -1.45. The number of hydrogen-bond donors (Lipinski definition) is 2. The highest BCUT2D eigenvalue weighted by Gasteiger charge is 2.52. The lowest BCUT2D eigenvalue weighted by Gasteiger charge is -2.43. The van der Waals surface area contributed by atoms with Gasteiger partial charge in [-0.05, 0) is 55.5 Å². The predicted molar refractivity (Wildman–Crippen MR) is 143 cm³/mol. The largest absolute Gasteiger partial charge is 0.406 e. The minimum absolute atomic E-state index is 0.163. The number of likely N-dealkylation sites (tertiary alicyclic amines) is 1. The van der Waals surface area contributed by atoms with Crippen molar-refractivity contribution in [2.24, 2.45) is 0 Å². The Labute approximate surface area is 234 Å². The number of piperidine rings is 1. The van der Waals surface area contributed by atoms with Gasteiger partial charge in [-0.25, -0.2) is 4.98 Å². The Kier molecular flexibility index (Phi) is 6.35. The van der Waals surface area contributed by atoms with E-state index in [1.807, 2.05) is 37.3 Å². The lowest BCUT2D eigenvalue weighted by molar-refractivity contribution is -0.170. The van der Waals surface area contributed by atoms with Crippen molar-refractivity contribution in [3.8, 4) is 0 Å². The van der Waals surface area contributed by atoms with Crippen molar-refractivity contribution in [1.82, 2.24) is 20.2 Å². The molecule has 1 saturated heterocycles. The molecule has 8 nitrogen and oxygen atoms in total. The third-order valence-electron chi connectivity index (χ3n) is 8.66. The molecule has 3 aliphatic rings. The van der Waals surface area contributed by atoms with Gasteiger partial charge in [0.2, 0.25) is 11.8 Å². The zero-order valence-electron chi connectivity index (χ0n) is 22.5. The molecule has 1 aliphatic carbocycles. The summed E-state index contributed by atoms with van der Waals surface area (Å²) in [5.41, 5.74) is 3.25. The summed E-state index contributed by atoms with van der Waals surface area (Å²) in [5, 5.41) is 5.52. The number of anilines is 1. The van der Waals surface area contributed by atoms with Gasteiger partial charge < -0.3 is 15.5 Å². The maximum absolute atomic E-state index is 13.5. The fourth-order valence-corrected chi connectivity index (χ4v) is 6.58. The first-order valence-electron chi connectivity index (χ1n) is 13.5. The van der Waals surface area contributed by atoms with Gasteiger partial charge in [-0.3, -0.25) is 19.4 Å². The fourth-order valence-electron chi connectivity index (χ4n) is 6.58. The molecule has 212 valence electrons. The molecule has 11 heteroatoms. The first-order chi connectivity index (χ1) is 19.5. The number of pyridine rings is 2. The van der Waals surface area contributed by atoms with Crippen LogP contribution in [-0.4, -0.2) is 57.4 Å². The third-order valence-corrected chi connectivity index (χ3v) is 8.66. The number of fused-ring (bicyclic) bond motifs is 3. The smallest absolute Gasteiger partial charge is 0.340 e. The molecule has 3 amide bonds. The highest BCUT2D eigenvalue weighted by atomic mass is 19.4. The van der Waals surface area contributed by atoms with Crippen LogP contribution in [0.1, 0.15) is 57.6 Å². The summed E-state index contributed by atoms with van der Waals surface area (Å²) in [6.07, 6.45) is -0.753. The summed E-state index contributed by atoms with van der Waals surface area (Å²) < 4.78 is 40.5. The molecule has 41 heavy (non-hydrogen) atoms. The molecular weight excluding hydrogens is 535 g/mol. The summed E-state index contributed by atoms with van der Waals surface area (Å²) in [6, 6.07) is 10.8. The molecule has 0 radical (unpaired) electrons. The second kappa shape index (κ2) is 9.67. The first kappa shape index (κ1) is 26.9. The van der Waals surface area contributed by atoms with Crippen molar-refractivity contribution in [3.63, 3.8) is 0 Å². The Morgan fingerprint density at radius 3 is 2.68 bits per heavy atom. The second-order valence-electron chi connectivity index (χ2n) is 11.2. The Bertz CT molecular complexity index is 1570. The van der Waals surface area contributed by atoms with Gasteiger partial charge in [0, 0.05) is 42.0 Å². The molecule has 6 rings (SSSR count). The van der Waals surface area contributed by atoms with E-state index in [1.165, 1.54) is 6.20 Å². The lowest BCUT2D eigenvalue weighted by Crippen LogP contribution is -2.59. The minimum Gasteiger partial charge on any atom is -0.340 e. The van der Waals surface area contributed by atoms with Crippen LogP contribution in [0.5, 0.6) is 0 Å². The molecular formula is C30H28F3N5O3. The van der Waals surface area contributed by atoms with Gasteiger partial charge >= 0.3 is 6.18 Å². The minimum atomic E-state index is -4.59. The molecule has 0 saturated carbocycles. The number of aryl methyl sites for hydroxylation is 1. The van der Waals surface area contributed by atoms with E-state index in [9.17, 15) is 27.6 Å². The van der Waals surface area contributed by atoms with E-state index >= 15 is 0 Å². The summed E-state index contributed by atoms with van der Waals surface area (Å²) >= 11 is 0. The lowest BCUT2D eigenvalue weighted by atomic mass is 9.80. The van der Waals surface area contributed by atoms with Crippen LogP contribution < -0.4 is 10.6 Å². The van der Waals surface area contributed by atoms with Crippen molar-refractivity contribution in [1.29, 1.82) is 0 Å². The number of rotatable bonds is 4. The number of aromatic nitrogens is 2. The van der Waals surface area contributed by atoms with Crippen LogP contribution in [0.4, 0.5) is 19.0 Å². The average Bonchev–Trinajstić information content (AvgIpc) is 3.45. The second-order valence-corrected chi connectivity index (χ2v) is 11.2. The molecule has 4 atom stereocenters. The number of nitrogens with zero attached hydrogens (tertiary/aromatic N) is 3. The number of benzene rings is 1. The zero-order valence-corrected chi connectivity index (χ0v) is 22.5. The van der Waals surface area contributed by atoms with E-state index in [-0.39, 0.29) is 17.9 Å². The van der Waals surface area contributed by atoms with Gasteiger partial charge in [-0.2, -0.15) is 13.2 Å². The molecule has 2 aliphatic heterocycles. The number of hydrogen-bond acceptors (Lipinski definition) is 5. The average molecular weight is 564 g/mol. The van der Waals surface area contributed by atoms with Crippen molar-refractivity contribution in [2.75, 3.05) is 11.9 Å². The van der Waals surface area contributed by atoms with Crippen LogP contribution in [0.2, 0.25) is 0 Å². The fraction of sp³-hybridized carbons (Fsp3) is 0.367. The third kappa shape index (κ3) is 4.62. The molecule has 4 heterocycles. The molecule has 2 N–H and O–H groups in total. The van der Waals surface area contributed by atoms with Gasteiger partial charge in [0.05, 0.1) is 11.0 Å². The van der Waals surface area contributed by atoms with Crippen molar-refractivity contribution in [2.45, 2.75) is 62.7 Å². The van der Waals surface area contributed by atoms with Crippen LogP contribution in [0.25, 0.3) is 0 Å². The normalized spacial score (nSPS) is 25.2. The van der Waals surface area contributed by atoms with Gasteiger partial charge in [0.15, 0.2) is 0 Å². The molecule has 1 spiro atoms. The summed E-state index contributed by atoms with van der Waals surface area (Å²) in [4.78, 5) is 49.2. The molecule has 1 aromatic carbocycles. The zero-order chi connectivity index (χ0) is 29.1. The van der Waals surface area contributed by atoms with E-state index < -0.39 is 48.0 Å². The number of carbonyl (C=O) groups is 3. The van der Waals surface area contributed by atoms with E-state index in [0.29, 0.717) is 24.4 Å². The van der Waals surface area contributed by atoms with E-state index in [0.717, 1.165) is 27.2 Å². The Morgan fingerprint density at radius 1 is 1.15 bits per heavy atom. The van der Waals surface area contributed by atoms with Gasteiger partial charge in [-0.1, -0.05) is 30.3 Å². The van der Waals surface area contributed by atoms with Crippen molar-refractivity contribution in [3.05, 3.63) is 88.4 Å².